The first-order valence-electron chi connectivity index (χ1n) is 35.4. The second-order valence-corrected chi connectivity index (χ2v) is 24.2. The molecule has 2 unspecified atom stereocenters. The lowest BCUT2D eigenvalue weighted by Gasteiger charge is -2.20. The Morgan fingerprint density at radius 1 is 0.354 bits per heavy atom. The quantitative estimate of drug-likeness (QED) is 0.0320. The molecule has 0 aromatic heterocycles. The Kier molecular flexibility index (Phi) is 66.4. The molecule has 0 rings (SSSR count). The van der Waals surface area contributed by atoms with E-state index in [1.807, 2.05) is 6.08 Å². The van der Waals surface area contributed by atoms with Crippen LogP contribution in [-0.2, 0) is 14.3 Å². The van der Waals surface area contributed by atoms with Crippen molar-refractivity contribution in [1.29, 1.82) is 0 Å². The van der Waals surface area contributed by atoms with E-state index < -0.39 is 12.1 Å². The van der Waals surface area contributed by atoms with Crippen molar-refractivity contribution in [1.82, 2.24) is 5.32 Å². The first-order chi connectivity index (χ1) is 39.0. The van der Waals surface area contributed by atoms with Crippen molar-refractivity contribution >= 4 is 11.9 Å². The predicted octanol–water partition coefficient (Wildman–Crippen LogP) is 22.9. The summed E-state index contributed by atoms with van der Waals surface area (Å²) < 4.78 is 5.50. The smallest absolute Gasteiger partial charge is 0.305 e. The maximum Gasteiger partial charge on any atom is 0.305 e. The number of allylic oxidation sites excluding steroid dienone is 7. The number of esters is 1. The van der Waals surface area contributed by atoms with Crippen molar-refractivity contribution in [3.63, 3.8) is 0 Å². The molecule has 0 aliphatic carbocycles. The van der Waals surface area contributed by atoms with E-state index >= 15 is 0 Å². The topological polar surface area (TPSA) is 95.9 Å². The molecule has 1 amide bonds. The highest BCUT2D eigenvalue weighted by Gasteiger charge is 2.18. The SMILES string of the molecule is CCCCC/C=C\C/C=C\CCCCCCCCCC(=O)OCCCCCCCCCCCCCC/C=C\CCCCCCCCCCCCCC(=O)NC(CO)C(O)/C=C/CCCCCCCCCCCCCCCCCC. The third-order valence-corrected chi connectivity index (χ3v) is 16.3. The van der Waals surface area contributed by atoms with Gasteiger partial charge in [-0.15, -0.1) is 0 Å². The zero-order valence-corrected chi connectivity index (χ0v) is 53.1. The minimum absolute atomic E-state index is 0.00711. The van der Waals surface area contributed by atoms with Gasteiger partial charge >= 0.3 is 5.97 Å². The van der Waals surface area contributed by atoms with Crippen LogP contribution in [0, 0.1) is 0 Å². The number of unbranched alkanes of at least 4 members (excludes halogenated alkanes) is 49. The molecule has 0 heterocycles. The Labute approximate surface area is 493 Å². The van der Waals surface area contributed by atoms with Crippen molar-refractivity contribution in [2.24, 2.45) is 0 Å². The highest BCUT2D eigenvalue weighted by molar-refractivity contribution is 5.76. The van der Waals surface area contributed by atoms with Crippen molar-refractivity contribution in [2.45, 2.75) is 392 Å². The highest BCUT2D eigenvalue weighted by Crippen LogP contribution is 2.18. The number of rotatable bonds is 66. The van der Waals surface area contributed by atoms with E-state index in [1.54, 1.807) is 6.08 Å². The normalized spacial score (nSPS) is 12.8. The van der Waals surface area contributed by atoms with E-state index in [0.717, 1.165) is 51.4 Å². The molecular weight excluding hydrogens is 971 g/mol. The van der Waals surface area contributed by atoms with E-state index in [-0.39, 0.29) is 18.5 Å². The van der Waals surface area contributed by atoms with Gasteiger partial charge in [0.1, 0.15) is 0 Å². The Hall–Kier alpha value is -2.18. The number of aliphatic hydroxyl groups is 2. The monoisotopic (exact) mass is 1110 g/mol. The van der Waals surface area contributed by atoms with Crippen molar-refractivity contribution in [3.8, 4) is 0 Å². The fourth-order valence-corrected chi connectivity index (χ4v) is 10.9. The van der Waals surface area contributed by atoms with Crippen LogP contribution in [0.2, 0.25) is 0 Å². The van der Waals surface area contributed by atoms with Crippen LogP contribution in [0.1, 0.15) is 380 Å². The second kappa shape index (κ2) is 68.3. The van der Waals surface area contributed by atoms with Crippen molar-refractivity contribution < 1.29 is 24.5 Å². The van der Waals surface area contributed by atoms with Gasteiger partial charge in [-0.05, 0) is 89.9 Å². The van der Waals surface area contributed by atoms with Crippen molar-refractivity contribution in [3.05, 3.63) is 48.6 Å². The maximum absolute atomic E-state index is 12.5. The molecule has 0 aromatic carbocycles. The lowest BCUT2D eigenvalue weighted by atomic mass is 10.0. The number of carbonyl (C=O) groups is 2. The predicted molar refractivity (Wildman–Crippen MR) is 347 cm³/mol. The van der Waals surface area contributed by atoms with Gasteiger partial charge in [-0.2, -0.15) is 0 Å². The molecule has 0 radical (unpaired) electrons. The molecule has 0 aliphatic rings. The zero-order valence-electron chi connectivity index (χ0n) is 53.1. The first-order valence-corrected chi connectivity index (χ1v) is 35.4. The van der Waals surface area contributed by atoms with Gasteiger partial charge < -0.3 is 20.3 Å². The van der Waals surface area contributed by atoms with Gasteiger partial charge in [0.15, 0.2) is 0 Å². The molecule has 0 saturated heterocycles. The first kappa shape index (κ1) is 76.8. The van der Waals surface area contributed by atoms with Gasteiger partial charge in [-0.25, -0.2) is 0 Å². The molecule has 0 aromatic rings. The molecule has 3 N–H and O–H groups in total. The molecule has 0 fully saturated rings. The van der Waals surface area contributed by atoms with Gasteiger partial charge in [0.05, 0.1) is 25.4 Å². The molecule has 0 saturated carbocycles. The van der Waals surface area contributed by atoms with E-state index in [2.05, 4.69) is 55.6 Å². The third kappa shape index (κ3) is 64.8. The fraction of sp³-hybridized carbons (Fsp3) is 0.863. The molecular formula is C73H137NO5. The summed E-state index contributed by atoms with van der Waals surface area (Å²) in [6.45, 7) is 4.90. The number of aliphatic hydroxyl groups excluding tert-OH is 2. The number of hydrogen-bond acceptors (Lipinski definition) is 5. The molecule has 6 nitrogen and oxygen atoms in total. The Morgan fingerprint density at radius 2 is 0.633 bits per heavy atom. The molecule has 0 spiro atoms. The number of amides is 1. The van der Waals surface area contributed by atoms with Crippen LogP contribution < -0.4 is 5.32 Å². The summed E-state index contributed by atoms with van der Waals surface area (Å²) in [5, 5.41) is 23.2. The Bertz CT molecular complexity index is 1320. The number of ether oxygens (including phenoxy) is 1. The molecule has 464 valence electrons. The molecule has 0 aliphatic heterocycles. The Morgan fingerprint density at radius 3 is 1.00 bits per heavy atom. The van der Waals surface area contributed by atoms with Gasteiger partial charge in [-0.1, -0.05) is 326 Å². The molecule has 0 bridgehead atoms. The van der Waals surface area contributed by atoms with Crippen LogP contribution in [0.3, 0.4) is 0 Å². The number of nitrogens with one attached hydrogen (secondary N) is 1. The summed E-state index contributed by atoms with van der Waals surface area (Å²) in [7, 11) is 0. The zero-order chi connectivity index (χ0) is 57.1. The largest absolute Gasteiger partial charge is 0.466 e. The van der Waals surface area contributed by atoms with Gasteiger partial charge in [-0.3, -0.25) is 9.59 Å². The molecule has 79 heavy (non-hydrogen) atoms. The van der Waals surface area contributed by atoms with Gasteiger partial charge in [0.25, 0.3) is 0 Å². The lowest BCUT2D eigenvalue weighted by molar-refractivity contribution is -0.143. The highest BCUT2D eigenvalue weighted by atomic mass is 16.5. The lowest BCUT2D eigenvalue weighted by Crippen LogP contribution is -2.45. The summed E-state index contributed by atoms with van der Waals surface area (Å²) >= 11 is 0. The second-order valence-electron chi connectivity index (χ2n) is 24.2. The average molecular weight is 1110 g/mol. The van der Waals surface area contributed by atoms with Crippen LogP contribution in [0.5, 0.6) is 0 Å². The summed E-state index contributed by atoms with van der Waals surface area (Å²) in [6, 6.07) is -0.630. The number of hydrogen-bond donors (Lipinski definition) is 3. The van der Waals surface area contributed by atoms with Gasteiger partial charge in [0, 0.05) is 12.8 Å². The average Bonchev–Trinajstić information content (AvgIpc) is 3.45. The number of carbonyl (C=O) groups excluding carboxylic acids is 2. The fourth-order valence-electron chi connectivity index (χ4n) is 10.9. The van der Waals surface area contributed by atoms with Crippen LogP contribution in [-0.4, -0.2) is 47.4 Å². The minimum Gasteiger partial charge on any atom is -0.466 e. The summed E-state index contributed by atoms with van der Waals surface area (Å²) in [6.07, 6.45) is 89.0. The van der Waals surface area contributed by atoms with E-state index in [9.17, 15) is 19.8 Å². The third-order valence-electron chi connectivity index (χ3n) is 16.3. The maximum atomic E-state index is 12.5. The molecule has 2 atom stereocenters. The van der Waals surface area contributed by atoms with E-state index in [1.165, 1.54) is 302 Å². The summed E-state index contributed by atoms with van der Waals surface area (Å²) in [4.78, 5) is 24.6. The van der Waals surface area contributed by atoms with Crippen LogP contribution in [0.4, 0.5) is 0 Å². The van der Waals surface area contributed by atoms with Crippen LogP contribution in [0.15, 0.2) is 48.6 Å². The van der Waals surface area contributed by atoms with E-state index in [0.29, 0.717) is 19.4 Å². The minimum atomic E-state index is -0.846. The van der Waals surface area contributed by atoms with Crippen molar-refractivity contribution in [2.75, 3.05) is 13.2 Å². The molecule has 6 heteroatoms. The summed E-state index contributed by atoms with van der Waals surface area (Å²) in [5.41, 5.74) is 0. The van der Waals surface area contributed by atoms with Gasteiger partial charge in [0.2, 0.25) is 5.91 Å². The van der Waals surface area contributed by atoms with Crippen LogP contribution >= 0.6 is 0 Å². The Balaban J connectivity index is 3.41. The van der Waals surface area contributed by atoms with Crippen LogP contribution in [0.25, 0.3) is 0 Å². The summed E-state index contributed by atoms with van der Waals surface area (Å²) in [5.74, 6) is -0.0592. The van der Waals surface area contributed by atoms with E-state index in [4.69, 9.17) is 4.74 Å². The standard InChI is InChI=1S/C73H137NO5/c1-3-5-7-9-11-13-15-17-19-21-34-37-41-45-49-53-57-61-65-71(76)70(69-75)74-72(77)66-62-58-54-50-46-42-38-35-31-29-27-25-23-22-24-26-28-30-32-36-40-44-48-52-56-60-64-68-79-73(78)67-63-59-55-51-47-43-39-33-20-18-16-14-12-10-8-6-4-2/h12,14,18,20,22-23,61,65,70-71,75-76H,3-11,13,15-17,19,21,24-60,62-64,66-69H2,1-2H3,(H,74,77)/b14-12-,20-18-,23-22-,65-61+.